The average Bonchev–Trinajstić information content (AvgIpc) is 2.27. The maximum Gasteiger partial charge on any atom is 0.508 e. The van der Waals surface area contributed by atoms with Crippen LogP contribution in [-0.2, 0) is 19.0 Å². The molecule has 0 spiro atoms. The van der Waals surface area contributed by atoms with Gasteiger partial charge in [-0.15, -0.1) is 10.1 Å². The standard InChI is InChI=1S/C11H21NO7/c1-8(2)10(4)18-11(13)17-6-5-16-7-9(3)19-12(14)15/h8-10H,5-7H2,1-4H3/t9-,10?/m1/s1. The summed E-state index contributed by atoms with van der Waals surface area (Å²) < 4.78 is 14.8. The predicted molar refractivity (Wildman–Crippen MR) is 65.1 cm³/mol. The first-order chi connectivity index (χ1) is 8.82. The molecular weight excluding hydrogens is 258 g/mol. The number of ether oxygens (including phenoxy) is 3. The van der Waals surface area contributed by atoms with E-state index >= 15 is 0 Å². The second-order valence-corrected chi connectivity index (χ2v) is 4.38. The zero-order valence-corrected chi connectivity index (χ0v) is 11.7. The van der Waals surface area contributed by atoms with Crippen molar-refractivity contribution in [2.24, 2.45) is 5.92 Å². The fourth-order valence-corrected chi connectivity index (χ4v) is 0.932. The summed E-state index contributed by atoms with van der Waals surface area (Å²) in [6.45, 7) is 7.32. The van der Waals surface area contributed by atoms with Gasteiger partial charge in [0.2, 0.25) is 0 Å². The Labute approximate surface area is 112 Å². The molecule has 0 aromatic heterocycles. The molecule has 0 aliphatic carbocycles. The molecule has 0 bridgehead atoms. The first-order valence-corrected chi connectivity index (χ1v) is 6.05. The molecule has 0 rings (SSSR count). The van der Waals surface area contributed by atoms with E-state index in [0.717, 1.165) is 0 Å². The molecular formula is C11H21NO7. The Morgan fingerprint density at radius 3 is 2.37 bits per heavy atom. The van der Waals surface area contributed by atoms with Crippen LogP contribution in [0.1, 0.15) is 27.7 Å². The fraction of sp³-hybridized carbons (Fsp3) is 0.909. The molecule has 0 N–H and O–H groups in total. The SMILES string of the molecule is CC(C)C(C)OC(=O)OCCOC[C@@H](C)O[N+](=O)[O-]. The zero-order valence-electron chi connectivity index (χ0n) is 11.7. The van der Waals surface area contributed by atoms with Crippen LogP contribution in [0.4, 0.5) is 4.79 Å². The zero-order chi connectivity index (χ0) is 14.8. The van der Waals surface area contributed by atoms with E-state index in [1.165, 1.54) is 6.92 Å². The lowest BCUT2D eigenvalue weighted by Gasteiger charge is -2.16. The maximum absolute atomic E-state index is 11.2. The summed E-state index contributed by atoms with van der Waals surface area (Å²) in [7, 11) is 0. The molecule has 0 aliphatic rings. The van der Waals surface area contributed by atoms with Gasteiger partial charge in [-0.2, -0.15) is 0 Å². The van der Waals surface area contributed by atoms with Crippen LogP contribution in [0.15, 0.2) is 0 Å². The van der Waals surface area contributed by atoms with Gasteiger partial charge in [-0.05, 0) is 19.8 Å². The fourth-order valence-electron chi connectivity index (χ4n) is 0.932. The lowest BCUT2D eigenvalue weighted by Crippen LogP contribution is -2.23. The van der Waals surface area contributed by atoms with Crippen molar-refractivity contribution < 1.29 is 28.9 Å². The van der Waals surface area contributed by atoms with Crippen molar-refractivity contribution in [2.75, 3.05) is 19.8 Å². The Hall–Kier alpha value is -1.57. The van der Waals surface area contributed by atoms with E-state index in [9.17, 15) is 14.9 Å². The second kappa shape index (κ2) is 9.37. The third kappa shape index (κ3) is 10.1. The molecule has 8 heteroatoms. The third-order valence-corrected chi connectivity index (χ3v) is 2.29. The van der Waals surface area contributed by atoms with Crippen LogP contribution < -0.4 is 0 Å². The van der Waals surface area contributed by atoms with E-state index in [0.29, 0.717) is 0 Å². The topological polar surface area (TPSA) is 97.1 Å². The van der Waals surface area contributed by atoms with Gasteiger partial charge < -0.3 is 19.0 Å². The Kier molecular flexibility index (Phi) is 8.60. The Bertz CT molecular complexity index is 282. The first kappa shape index (κ1) is 17.4. The third-order valence-electron chi connectivity index (χ3n) is 2.29. The molecule has 0 aliphatic heterocycles. The minimum absolute atomic E-state index is 0.0227. The van der Waals surface area contributed by atoms with E-state index in [-0.39, 0.29) is 31.8 Å². The van der Waals surface area contributed by atoms with Crippen LogP contribution in [0.3, 0.4) is 0 Å². The van der Waals surface area contributed by atoms with Gasteiger partial charge in [-0.25, -0.2) is 4.79 Å². The largest absolute Gasteiger partial charge is 0.508 e. The normalized spacial score (nSPS) is 13.7. The predicted octanol–water partition coefficient (Wildman–Crippen LogP) is 1.80. The highest BCUT2D eigenvalue weighted by molar-refractivity contribution is 5.60. The van der Waals surface area contributed by atoms with Gasteiger partial charge in [-0.1, -0.05) is 13.8 Å². The van der Waals surface area contributed by atoms with E-state index < -0.39 is 17.3 Å². The molecule has 2 atom stereocenters. The molecule has 0 fully saturated rings. The Morgan fingerprint density at radius 1 is 1.21 bits per heavy atom. The molecule has 8 nitrogen and oxygen atoms in total. The average molecular weight is 279 g/mol. The van der Waals surface area contributed by atoms with Crippen LogP contribution in [0.5, 0.6) is 0 Å². The Balaban J connectivity index is 3.54. The number of rotatable bonds is 9. The quantitative estimate of drug-likeness (QED) is 0.275. The lowest BCUT2D eigenvalue weighted by atomic mass is 10.1. The molecule has 0 heterocycles. The molecule has 0 radical (unpaired) electrons. The van der Waals surface area contributed by atoms with Crippen molar-refractivity contribution in [3.63, 3.8) is 0 Å². The summed E-state index contributed by atoms with van der Waals surface area (Å²) in [6.07, 6.45) is -1.63. The highest BCUT2D eigenvalue weighted by Crippen LogP contribution is 2.06. The van der Waals surface area contributed by atoms with Crippen molar-refractivity contribution in [3.05, 3.63) is 10.1 Å². The lowest BCUT2D eigenvalue weighted by molar-refractivity contribution is -0.768. The Morgan fingerprint density at radius 2 is 1.84 bits per heavy atom. The monoisotopic (exact) mass is 279 g/mol. The van der Waals surface area contributed by atoms with Gasteiger partial charge in [0.15, 0.2) is 0 Å². The van der Waals surface area contributed by atoms with Gasteiger partial charge >= 0.3 is 6.16 Å². The van der Waals surface area contributed by atoms with Gasteiger partial charge in [0.05, 0.1) is 13.2 Å². The highest BCUT2D eigenvalue weighted by Gasteiger charge is 2.13. The van der Waals surface area contributed by atoms with Crippen molar-refractivity contribution in [3.8, 4) is 0 Å². The van der Waals surface area contributed by atoms with Crippen LogP contribution in [0.25, 0.3) is 0 Å². The summed E-state index contributed by atoms with van der Waals surface area (Å²) in [5, 5.41) is 9.11. The number of carbonyl (C=O) groups is 1. The van der Waals surface area contributed by atoms with Crippen LogP contribution in [-0.4, -0.2) is 43.3 Å². The second-order valence-electron chi connectivity index (χ2n) is 4.38. The molecule has 0 aromatic rings. The van der Waals surface area contributed by atoms with E-state index in [1.807, 2.05) is 13.8 Å². The van der Waals surface area contributed by atoms with Crippen LogP contribution >= 0.6 is 0 Å². The number of carbonyl (C=O) groups excluding carboxylic acids is 1. The number of nitrogens with zero attached hydrogens (tertiary/aromatic N) is 1. The molecule has 1 unspecified atom stereocenters. The minimum atomic E-state index is -0.880. The maximum atomic E-state index is 11.2. The van der Waals surface area contributed by atoms with Gasteiger partial charge in [0, 0.05) is 0 Å². The van der Waals surface area contributed by atoms with Gasteiger partial charge in [0.25, 0.3) is 5.09 Å². The minimum Gasteiger partial charge on any atom is -0.432 e. The number of hydrogen-bond acceptors (Lipinski definition) is 7. The van der Waals surface area contributed by atoms with Gasteiger partial charge in [-0.3, -0.25) is 0 Å². The van der Waals surface area contributed by atoms with Crippen molar-refractivity contribution in [1.82, 2.24) is 0 Å². The molecule has 0 aromatic carbocycles. The van der Waals surface area contributed by atoms with E-state index in [2.05, 4.69) is 4.84 Å². The first-order valence-electron chi connectivity index (χ1n) is 6.05. The summed E-state index contributed by atoms with van der Waals surface area (Å²) >= 11 is 0. The number of hydrogen-bond donors (Lipinski definition) is 0. The molecule has 0 amide bonds. The summed E-state index contributed by atoms with van der Waals surface area (Å²) in [6, 6.07) is 0. The molecule has 0 saturated carbocycles. The van der Waals surface area contributed by atoms with E-state index in [4.69, 9.17) is 14.2 Å². The molecule has 112 valence electrons. The smallest absolute Gasteiger partial charge is 0.432 e. The summed E-state index contributed by atoms with van der Waals surface area (Å²) in [4.78, 5) is 25.4. The van der Waals surface area contributed by atoms with Crippen LogP contribution in [0, 0.1) is 16.0 Å². The molecule has 0 saturated heterocycles. The van der Waals surface area contributed by atoms with E-state index in [1.54, 1.807) is 6.92 Å². The summed E-state index contributed by atoms with van der Waals surface area (Å²) in [5.41, 5.74) is 0. The van der Waals surface area contributed by atoms with Crippen molar-refractivity contribution in [1.29, 1.82) is 0 Å². The van der Waals surface area contributed by atoms with Crippen molar-refractivity contribution in [2.45, 2.75) is 39.9 Å². The molecule has 19 heavy (non-hydrogen) atoms. The van der Waals surface area contributed by atoms with Gasteiger partial charge in [0.1, 0.15) is 18.8 Å². The van der Waals surface area contributed by atoms with Crippen molar-refractivity contribution >= 4 is 6.16 Å². The van der Waals surface area contributed by atoms with Crippen LogP contribution in [0.2, 0.25) is 0 Å². The summed E-state index contributed by atoms with van der Waals surface area (Å²) in [5.74, 6) is 0.212. The highest BCUT2D eigenvalue weighted by atomic mass is 17.0.